The molecule has 5 nitrogen and oxygen atoms in total. The minimum atomic E-state index is -0.462. The van der Waals surface area contributed by atoms with Crippen LogP contribution in [0, 0.1) is 6.92 Å². The maximum Gasteiger partial charge on any atom is 0.248 e. The number of aromatic nitrogens is 1. The normalized spacial score (nSPS) is 17.6. The van der Waals surface area contributed by atoms with E-state index in [0.717, 1.165) is 23.5 Å². The first kappa shape index (κ1) is 16.8. The first-order chi connectivity index (χ1) is 11.5. The van der Waals surface area contributed by atoms with E-state index in [1.165, 1.54) is 24.2 Å². The first-order valence-corrected chi connectivity index (χ1v) is 9.00. The highest BCUT2D eigenvalue weighted by molar-refractivity contribution is 7.14. The van der Waals surface area contributed by atoms with Crippen LogP contribution in [-0.2, 0) is 0 Å². The summed E-state index contributed by atoms with van der Waals surface area (Å²) in [5.41, 5.74) is 7.26. The number of piperidine rings is 1. The summed E-state index contributed by atoms with van der Waals surface area (Å²) in [5.74, 6) is -0.329. The largest absolute Gasteiger partial charge is 0.366 e. The van der Waals surface area contributed by atoms with E-state index in [-0.39, 0.29) is 11.8 Å². The van der Waals surface area contributed by atoms with Gasteiger partial charge in [-0.25, -0.2) is 4.98 Å². The predicted molar refractivity (Wildman–Crippen MR) is 95.4 cm³/mol. The molecule has 1 aromatic heterocycles. The topological polar surface area (TPSA) is 85.1 Å². The zero-order valence-electron chi connectivity index (χ0n) is 13.7. The Hall–Kier alpha value is -2.05. The molecule has 0 bridgehead atoms. The number of hydrogen-bond acceptors (Lipinski definition) is 5. The summed E-state index contributed by atoms with van der Waals surface area (Å²) in [6, 6.07) is 7.19. The van der Waals surface area contributed by atoms with E-state index in [2.05, 4.69) is 10.3 Å². The lowest BCUT2D eigenvalue weighted by molar-refractivity contribution is 0.0966. The monoisotopic (exact) mass is 343 g/mol. The van der Waals surface area contributed by atoms with Crippen LogP contribution in [0.2, 0.25) is 0 Å². The van der Waals surface area contributed by atoms with Gasteiger partial charge in [-0.15, -0.1) is 11.3 Å². The van der Waals surface area contributed by atoms with Crippen molar-refractivity contribution in [1.29, 1.82) is 0 Å². The van der Waals surface area contributed by atoms with Gasteiger partial charge in [-0.3, -0.25) is 9.59 Å². The minimum absolute atomic E-state index is 0.133. The molecule has 2 heterocycles. The lowest BCUT2D eigenvalue weighted by atomic mass is 9.98. The second kappa shape index (κ2) is 7.23. The number of nitrogens with zero attached hydrogens (tertiary/aromatic N) is 1. The van der Waals surface area contributed by atoms with Crippen LogP contribution in [0.15, 0.2) is 24.3 Å². The Morgan fingerprint density at radius 2 is 2.04 bits per heavy atom. The number of amides is 1. The zero-order chi connectivity index (χ0) is 17.1. The highest BCUT2D eigenvalue weighted by Crippen LogP contribution is 2.30. The molecule has 1 saturated heterocycles. The van der Waals surface area contributed by atoms with Crippen molar-refractivity contribution < 1.29 is 9.59 Å². The van der Waals surface area contributed by atoms with Gasteiger partial charge in [-0.1, -0.05) is 18.6 Å². The second-order valence-electron chi connectivity index (χ2n) is 6.13. The summed E-state index contributed by atoms with van der Waals surface area (Å²) in [4.78, 5) is 29.2. The quantitative estimate of drug-likeness (QED) is 0.818. The van der Waals surface area contributed by atoms with E-state index in [1.807, 2.05) is 6.92 Å². The van der Waals surface area contributed by atoms with Crippen LogP contribution in [0.4, 0.5) is 0 Å². The molecule has 0 saturated carbocycles. The fraction of sp³-hybridized carbons (Fsp3) is 0.389. The number of rotatable bonds is 5. The van der Waals surface area contributed by atoms with E-state index in [0.29, 0.717) is 22.6 Å². The van der Waals surface area contributed by atoms with Gasteiger partial charge in [0.25, 0.3) is 0 Å². The van der Waals surface area contributed by atoms with Gasteiger partial charge in [0.2, 0.25) is 5.91 Å². The predicted octanol–water partition coefficient (Wildman–Crippen LogP) is 2.93. The summed E-state index contributed by atoms with van der Waals surface area (Å²) in [6.07, 6.45) is 3.91. The Morgan fingerprint density at radius 3 is 2.67 bits per heavy atom. The standard InChI is InChI=1S/C18H21N3O2S/c1-11-21-16(12-5-7-13(8-6-12)18(19)23)17(24-11)15(22)10-14-4-2-3-9-20-14/h5-8,14,20H,2-4,9-10H2,1H3,(H2,19,23). The fourth-order valence-corrected chi connectivity index (χ4v) is 3.91. The van der Waals surface area contributed by atoms with Crippen LogP contribution in [0.25, 0.3) is 11.3 Å². The van der Waals surface area contributed by atoms with E-state index < -0.39 is 5.91 Å². The molecule has 2 aromatic rings. The molecule has 1 atom stereocenters. The maximum atomic E-state index is 12.8. The molecule has 1 aromatic carbocycles. The van der Waals surface area contributed by atoms with E-state index in [1.54, 1.807) is 24.3 Å². The molecule has 6 heteroatoms. The van der Waals surface area contributed by atoms with Gasteiger partial charge in [0.05, 0.1) is 15.6 Å². The molecule has 1 unspecified atom stereocenters. The van der Waals surface area contributed by atoms with Crippen molar-refractivity contribution in [2.24, 2.45) is 5.73 Å². The number of ketones is 1. The fourth-order valence-electron chi connectivity index (χ4n) is 3.02. The zero-order valence-corrected chi connectivity index (χ0v) is 14.5. The molecular weight excluding hydrogens is 322 g/mol. The third-order valence-corrected chi connectivity index (χ3v) is 5.29. The average Bonchev–Trinajstić information content (AvgIpc) is 2.98. The molecule has 0 aliphatic carbocycles. The van der Waals surface area contributed by atoms with Gasteiger partial charge in [0.1, 0.15) is 0 Å². The van der Waals surface area contributed by atoms with E-state index in [4.69, 9.17) is 5.73 Å². The van der Waals surface area contributed by atoms with Crippen LogP contribution in [0.1, 0.15) is 50.7 Å². The van der Waals surface area contributed by atoms with Crippen molar-refractivity contribution >= 4 is 23.0 Å². The number of thiazole rings is 1. The van der Waals surface area contributed by atoms with Crippen LogP contribution in [-0.4, -0.2) is 29.3 Å². The summed E-state index contributed by atoms with van der Waals surface area (Å²) >= 11 is 1.44. The number of benzene rings is 1. The molecule has 3 N–H and O–H groups in total. The van der Waals surface area contributed by atoms with Gasteiger partial charge >= 0.3 is 0 Å². The number of nitrogens with two attached hydrogens (primary N) is 1. The van der Waals surface area contributed by atoms with Crippen LogP contribution < -0.4 is 11.1 Å². The smallest absolute Gasteiger partial charge is 0.248 e. The molecule has 126 valence electrons. The first-order valence-electron chi connectivity index (χ1n) is 8.19. The van der Waals surface area contributed by atoms with Crippen molar-refractivity contribution in [1.82, 2.24) is 10.3 Å². The van der Waals surface area contributed by atoms with Crippen LogP contribution >= 0.6 is 11.3 Å². The van der Waals surface area contributed by atoms with Crippen molar-refractivity contribution in [2.45, 2.75) is 38.6 Å². The number of aryl methyl sites for hydroxylation is 1. The maximum absolute atomic E-state index is 12.8. The van der Waals surface area contributed by atoms with Crippen LogP contribution in [0.3, 0.4) is 0 Å². The number of carbonyl (C=O) groups excluding carboxylic acids is 2. The molecule has 1 amide bonds. The third-order valence-electron chi connectivity index (χ3n) is 4.27. The summed E-state index contributed by atoms with van der Waals surface area (Å²) in [5, 5.41) is 4.28. The molecular formula is C18H21N3O2S. The Kier molecular flexibility index (Phi) is 5.06. The Morgan fingerprint density at radius 1 is 1.29 bits per heavy atom. The molecule has 0 radical (unpaired) electrons. The van der Waals surface area contributed by atoms with Crippen LogP contribution in [0.5, 0.6) is 0 Å². The highest BCUT2D eigenvalue weighted by Gasteiger charge is 2.22. The average molecular weight is 343 g/mol. The van der Waals surface area contributed by atoms with E-state index in [9.17, 15) is 9.59 Å². The molecule has 1 aliphatic heterocycles. The number of Topliss-reactive ketones (excluding diaryl/α,β-unsaturated/α-hetero) is 1. The summed E-state index contributed by atoms with van der Waals surface area (Å²) in [6.45, 7) is 2.89. The second-order valence-corrected chi connectivity index (χ2v) is 7.33. The molecule has 1 fully saturated rings. The van der Waals surface area contributed by atoms with E-state index >= 15 is 0 Å². The summed E-state index contributed by atoms with van der Waals surface area (Å²) < 4.78 is 0. The minimum Gasteiger partial charge on any atom is -0.366 e. The van der Waals surface area contributed by atoms with Gasteiger partial charge in [-0.2, -0.15) is 0 Å². The third kappa shape index (κ3) is 3.71. The Balaban J connectivity index is 1.84. The van der Waals surface area contributed by atoms with Crippen molar-refractivity contribution in [3.63, 3.8) is 0 Å². The lowest BCUT2D eigenvalue weighted by Gasteiger charge is -2.22. The lowest BCUT2D eigenvalue weighted by Crippen LogP contribution is -2.35. The SMILES string of the molecule is Cc1nc(-c2ccc(C(N)=O)cc2)c(C(=O)CC2CCCCN2)s1. The Bertz CT molecular complexity index is 746. The van der Waals surface area contributed by atoms with Gasteiger partial charge in [-0.05, 0) is 38.4 Å². The van der Waals surface area contributed by atoms with Gasteiger partial charge < -0.3 is 11.1 Å². The van der Waals surface area contributed by atoms with Gasteiger partial charge in [0.15, 0.2) is 5.78 Å². The molecule has 24 heavy (non-hydrogen) atoms. The number of carbonyl (C=O) groups is 2. The number of nitrogens with one attached hydrogen (secondary N) is 1. The van der Waals surface area contributed by atoms with Gasteiger partial charge in [0, 0.05) is 23.6 Å². The summed E-state index contributed by atoms with van der Waals surface area (Å²) in [7, 11) is 0. The molecule has 0 spiro atoms. The molecule has 3 rings (SSSR count). The van der Waals surface area contributed by atoms with Crippen molar-refractivity contribution in [3.8, 4) is 11.3 Å². The number of primary amides is 1. The van der Waals surface area contributed by atoms with Crippen molar-refractivity contribution in [3.05, 3.63) is 39.7 Å². The highest BCUT2D eigenvalue weighted by atomic mass is 32.1. The van der Waals surface area contributed by atoms with Crippen molar-refractivity contribution in [2.75, 3.05) is 6.54 Å². The number of hydrogen-bond donors (Lipinski definition) is 2. The Labute approximate surface area is 145 Å². The molecule has 1 aliphatic rings.